The highest BCUT2D eigenvalue weighted by atomic mass is 16.3. The van der Waals surface area contributed by atoms with Crippen molar-refractivity contribution in [2.45, 2.75) is 12.6 Å². The Labute approximate surface area is 64.1 Å². The van der Waals surface area contributed by atoms with Crippen molar-refractivity contribution in [3.05, 3.63) is 12.2 Å². The molecule has 60 valence electrons. The Balaban J connectivity index is 2.45. The van der Waals surface area contributed by atoms with Crippen molar-refractivity contribution in [2.24, 2.45) is 0 Å². The van der Waals surface area contributed by atoms with Gasteiger partial charge in [0.05, 0.1) is 0 Å². The highest BCUT2D eigenvalue weighted by Gasteiger charge is 2.22. The standard InChI is InChI=1S/C7H9NO3/c9-5-1-4-8-6(10)2-3-7(8)11/h2-3,5-6,10H,1,4H2. The number of aliphatic hydroxyl groups is 1. The zero-order chi connectivity index (χ0) is 8.27. The van der Waals surface area contributed by atoms with E-state index in [1.807, 2.05) is 0 Å². The molecule has 4 nitrogen and oxygen atoms in total. The number of aldehydes is 1. The molecule has 4 heteroatoms. The van der Waals surface area contributed by atoms with Crippen LogP contribution in [0.15, 0.2) is 12.2 Å². The summed E-state index contributed by atoms with van der Waals surface area (Å²) in [5.74, 6) is -0.237. The molecule has 0 aromatic rings. The molecule has 1 heterocycles. The Morgan fingerprint density at radius 1 is 1.73 bits per heavy atom. The molecule has 0 aromatic carbocycles. The first-order chi connectivity index (χ1) is 5.25. The van der Waals surface area contributed by atoms with Gasteiger partial charge in [0.25, 0.3) is 0 Å². The van der Waals surface area contributed by atoms with E-state index in [-0.39, 0.29) is 18.9 Å². The van der Waals surface area contributed by atoms with Gasteiger partial charge in [-0.25, -0.2) is 0 Å². The minimum Gasteiger partial charge on any atom is -0.370 e. The molecule has 1 unspecified atom stereocenters. The largest absolute Gasteiger partial charge is 0.370 e. The summed E-state index contributed by atoms with van der Waals surface area (Å²) in [6.07, 6.45) is 2.84. The van der Waals surface area contributed by atoms with Gasteiger partial charge in [-0.1, -0.05) is 0 Å². The monoisotopic (exact) mass is 155 g/mol. The Morgan fingerprint density at radius 3 is 2.91 bits per heavy atom. The summed E-state index contributed by atoms with van der Waals surface area (Å²) in [6.45, 7) is 0.288. The molecule has 0 fully saturated rings. The number of nitrogens with zero attached hydrogens (tertiary/aromatic N) is 1. The van der Waals surface area contributed by atoms with Gasteiger partial charge in [0.2, 0.25) is 5.91 Å². The topological polar surface area (TPSA) is 57.6 Å². The van der Waals surface area contributed by atoms with Crippen LogP contribution in [0, 0.1) is 0 Å². The number of rotatable bonds is 3. The van der Waals surface area contributed by atoms with E-state index < -0.39 is 6.23 Å². The van der Waals surface area contributed by atoms with Gasteiger partial charge < -0.3 is 14.8 Å². The third-order valence-corrected chi connectivity index (χ3v) is 1.50. The van der Waals surface area contributed by atoms with Gasteiger partial charge >= 0.3 is 0 Å². The van der Waals surface area contributed by atoms with Crippen LogP contribution in [0.2, 0.25) is 0 Å². The van der Waals surface area contributed by atoms with E-state index in [0.29, 0.717) is 0 Å². The summed E-state index contributed by atoms with van der Waals surface area (Å²) < 4.78 is 0. The van der Waals surface area contributed by atoms with Gasteiger partial charge in [-0.05, 0) is 6.08 Å². The lowest BCUT2D eigenvalue weighted by molar-refractivity contribution is -0.131. The molecule has 1 amide bonds. The maximum absolute atomic E-state index is 10.9. The Kier molecular flexibility index (Phi) is 2.38. The van der Waals surface area contributed by atoms with Crippen LogP contribution in [-0.4, -0.2) is 35.0 Å². The van der Waals surface area contributed by atoms with Crippen molar-refractivity contribution in [3.63, 3.8) is 0 Å². The molecule has 1 atom stereocenters. The lowest BCUT2D eigenvalue weighted by Gasteiger charge is -2.18. The molecule has 0 spiro atoms. The van der Waals surface area contributed by atoms with Crippen LogP contribution in [0.3, 0.4) is 0 Å². The summed E-state index contributed by atoms with van der Waals surface area (Å²) in [6, 6.07) is 0. The van der Waals surface area contributed by atoms with Gasteiger partial charge in [-0.2, -0.15) is 0 Å². The summed E-state index contributed by atoms with van der Waals surface area (Å²) in [5, 5.41) is 9.09. The molecule has 0 aliphatic carbocycles. The van der Waals surface area contributed by atoms with Gasteiger partial charge in [-0.3, -0.25) is 4.79 Å². The van der Waals surface area contributed by atoms with E-state index in [9.17, 15) is 9.59 Å². The molecule has 0 bridgehead atoms. The van der Waals surface area contributed by atoms with Crippen LogP contribution in [0.4, 0.5) is 0 Å². The zero-order valence-corrected chi connectivity index (χ0v) is 5.93. The molecule has 1 aliphatic rings. The number of hydrogen-bond acceptors (Lipinski definition) is 3. The summed E-state index contributed by atoms with van der Waals surface area (Å²) in [7, 11) is 0. The molecule has 0 saturated heterocycles. The van der Waals surface area contributed by atoms with Gasteiger partial charge in [-0.15, -0.1) is 0 Å². The molecular weight excluding hydrogens is 146 g/mol. The smallest absolute Gasteiger partial charge is 0.248 e. The minimum absolute atomic E-state index is 0.237. The van der Waals surface area contributed by atoms with Crippen LogP contribution >= 0.6 is 0 Å². The number of aliphatic hydroxyl groups excluding tert-OH is 1. The van der Waals surface area contributed by atoms with Crippen LogP contribution in [0.1, 0.15) is 6.42 Å². The first-order valence-corrected chi connectivity index (χ1v) is 3.36. The number of amides is 1. The van der Waals surface area contributed by atoms with Crippen LogP contribution in [0.5, 0.6) is 0 Å². The van der Waals surface area contributed by atoms with Crippen LogP contribution in [-0.2, 0) is 9.59 Å². The maximum Gasteiger partial charge on any atom is 0.248 e. The Hall–Kier alpha value is -1.16. The summed E-state index contributed by atoms with van der Waals surface area (Å²) in [5.41, 5.74) is 0. The van der Waals surface area contributed by atoms with E-state index in [4.69, 9.17) is 5.11 Å². The van der Waals surface area contributed by atoms with Crippen LogP contribution in [0.25, 0.3) is 0 Å². The Bertz CT molecular complexity index is 200. The second-order valence-corrected chi connectivity index (χ2v) is 2.26. The van der Waals surface area contributed by atoms with E-state index in [1.54, 1.807) is 0 Å². The molecule has 1 rings (SSSR count). The predicted molar refractivity (Wildman–Crippen MR) is 37.5 cm³/mol. The van der Waals surface area contributed by atoms with E-state index >= 15 is 0 Å². The van der Waals surface area contributed by atoms with Gasteiger partial charge in [0.1, 0.15) is 12.5 Å². The number of carbonyl (C=O) groups excluding carboxylic acids is 2. The lowest BCUT2D eigenvalue weighted by Crippen LogP contribution is -2.34. The normalized spacial score (nSPS) is 22.8. The number of carbonyl (C=O) groups is 2. The quantitative estimate of drug-likeness (QED) is 0.548. The van der Waals surface area contributed by atoms with Gasteiger partial charge in [0.15, 0.2) is 0 Å². The first-order valence-electron chi connectivity index (χ1n) is 3.36. The second-order valence-electron chi connectivity index (χ2n) is 2.26. The molecule has 1 aliphatic heterocycles. The fourth-order valence-corrected chi connectivity index (χ4v) is 0.933. The SMILES string of the molecule is O=CCCN1C(=O)C=CC1O. The minimum atomic E-state index is -0.845. The fraction of sp³-hybridized carbons (Fsp3) is 0.429. The third-order valence-electron chi connectivity index (χ3n) is 1.50. The van der Waals surface area contributed by atoms with E-state index in [2.05, 4.69) is 0 Å². The van der Waals surface area contributed by atoms with Crippen molar-refractivity contribution in [2.75, 3.05) is 6.54 Å². The fourth-order valence-electron chi connectivity index (χ4n) is 0.933. The average molecular weight is 155 g/mol. The second kappa shape index (κ2) is 3.30. The van der Waals surface area contributed by atoms with E-state index in [0.717, 1.165) is 6.29 Å². The molecular formula is C7H9NO3. The average Bonchev–Trinajstić information content (AvgIpc) is 2.29. The van der Waals surface area contributed by atoms with E-state index in [1.165, 1.54) is 17.1 Å². The van der Waals surface area contributed by atoms with Crippen molar-refractivity contribution in [3.8, 4) is 0 Å². The molecule has 1 N–H and O–H groups in total. The molecule has 11 heavy (non-hydrogen) atoms. The van der Waals surface area contributed by atoms with Crippen molar-refractivity contribution < 1.29 is 14.7 Å². The van der Waals surface area contributed by atoms with Gasteiger partial charge in [0, 0.05) is 19.0 Å². The highest BCUT2D eigenvalue weighted by Crippen LogP contribution is 2.07. The summed E-state index contributed by atoms with van der Waals surface area (Å²) in [4.78, 5) is 22.0. The molecule has 0 radical (unpaired) electrons. The molecule has 0 aromatic heterocycles. The molecule has 0 saturated carbocycles. The van der Waals surface area contributed by atoms with Crippen molar-refractivity contribution in [1.29, 1.82) is 0 Å². The predicted octanol–water partition coefficient (Wildman–Crippen LogP) is -0.708. The zero-order valence-electron chi connectivity index (χ0n) is 5.93. The van der Waals surface area contributed by atoms with Crippen LogP contribution < -0.4 is 0 Å². The number of hydrogen-bond donors (Lipinski definition) is 1. The van der Waals surface area contributed by atoms with Crippen molar-refractivity contribution in [1.82, 2.24) is 4.90 Å². The lowest BCUT2D eigenvalue weighted by atomic mass is 10.4. The Morgan fingerprint density at radius 2 is 2.45 bits per heavy atom. The first kappa shape index (κ1) is 7.94. The third kappa shape index (κ3) is 1.65. The summed E-state index contributed by atoms with van der Waals surface area (Å²) >= 11 is 0. The maximum atomic E-state index is 10.9. The highest BCUT2D eigenvalue weighted by molar-refractivity contribution is 5.90. The van der Waals surface area contributed by atoms with Crippen molar-refractivity contribution >= 4 is 12.2 Å².